The highest BCUT2D eigenvalue weighted by Gasteiger charge is 2.33. The van der Waals surface area contributed by atoms with Crippen molar-refractivity contribution in [2.24, 2.45) is 4.99 Å². The van der Waals surface area contributed by atoms with Crippen LogP contribution in [-0.4, -0.2) is 42.9 Å². The van der Waals surface area contributed by atoms with Gasteiger partial charge in [0.25, 0.3) is 0 Å². The van der Waals surface area contributed by atoms with Crippen LogP contribution in [0.15, 0.2) is 23.2 Å². The van der Waals surface area contributed by atoms with E-state index >= 15 is 0 Å². The second-order valence-electron chi connectivity index (χ2n) is 6.26. The molecule has 1 amide bonds. The van der Waals surface area contributed by atoms with Crippen LogP contribution in [0.2, 0.25) is 0 Å². The highest BCUT2D eigenvalue weighted by molar-refractivity contribution is 14.0. The van der Waals surface area contributed by atoms with Gasteiger partial charge in [-0.25, -0.2) is 9.38 Å². The Morgan fingerprint density at radius 3 is 2.64 bits per heavy atom. The van der Waals surface area contributed by atoms with Crippen LogP contribution in [0.1, 0.15) is 37.3 Å². The molecule has 1 fully saturated rings. The molecule has 1 saturated heterocycles. The Morgan fingerprint density at radius 1 is 1.29 bits per heavy atom. The van der Waals surface area contributed by atoms with E-state index in [4.69, 9.17) is 0 Å². The standard InChI is InChI=1S/C18H24F4N4O.HI/c1-2-23-17(24-8-4-10-26-9-3-5-16(26)27)25-12-13-6-7-14(19)11-15(13)18(20,21)22;/h6-7,11H,2-5,8-10,12H2,1H3,(H2,23,24,25);1H. The van der Waals surface area contributed by atoms with Gasteiger partial charge in [-0.15, -0.1) is 24.0 Å². The number of benzene rings is 1. The number of hydrogen-bond donors (Lipinski definition) is 2. The van der Waals surface area contributed by atoms with E-state index in [2.05, 4.69) is 15.6 Å². The molecule has 0 bridgehead atoms. The van der Waals surface area contributed by atoms with Gasteiger partial charge in [0.05, 0.1) is 12.1 Å². The first-order valence-electron chi connectivity index (χ1n) is 8.97. The van der Waals surface area contributed by atoms with Gasteiger partial charge in [-0.05, 0) is 37.5 Å². The number of likely N-dealkylation sites (tertiary alicyclic amines) is 1. The molecule has 0 spiro atoms. The Kier molecular flexibility index (Phi) is 9.97. The fraction of sp³-hybridized carbons (Fsp3) is 0.556. The lowest BCUT2D eigenvalue weighted by Gasteiger charge is -2.17. The predicted octanol–water partition coefficient (Wildman–Crippen LogP) is 3.53. The molecule has 1 aliphatic rings. The molecule has 1 aromatic carbocycles. The largest absolute Gasteiger partial charge is 0.416 e. The molecular weight excluding hydrogens is 491 g/mol. The average Bonchev–Trinajstić information content (AvgIpc) is 3.01. The van der Waals surface area contributed by atoms with E-state index < -0.39 is 17.6 Å². The van der Waals surface area contributed by atoms with Crippen molar-refractivity contribution >= 4 is 35.8 Å². The van der Waals surface area contributed by atoms with Crippen LogP contribution in [0.5, 0.6) is 0 Å². The van der Waals surface area contributed by atoms with Gasteiger partial charge in [-0.3, -0.25) is 4.79 Å². The van der Waals surface area contributed by atoms with Gasteiger partial charge in [0, 0.05) is 32.6 Å². The van der Waals surface area contributed by atoms with E-state index in [0.29, 0.717) is 44.5 Å². The molecule has 0 aliphatic carbocycles. The van der Waals surface area contributed by atoms with Gasteiger partial charge in [-0.1, -0.05) is 6.07 Å². The SMILES string of the molecule is CCNC(=NCc1ccc(F)cc1C(F)(F)F)NCCCN1CCCC1=O.I. The second kappa shape index (κ2) is 11.4. The van der Waals surface area contributed by atoms with E-state index in [9.17, 15) is 22.4 Å². The number of amides is 1. The third-order valence-corrected chi connectivity index (χ3v) is 4.20. The minimum atomic E-state index is -4.64. The van der Waals surface area contributed by atoms with Crippen molar-refractivity contribution in [3.05, 3.63) is 35.1 Å². The smallest absolute Gasteiger partial charge is 0.357 e. The fourth-order valence-corrected chi connectivity index (χ4v) is 2.87. The normalized spacial score (nSPS) is 14.8. The Balaban J connectivity index is 0.00000392. The molecule has 0 aromatic heterocycles. The summed E-state index contributed by atoms with van der Waals surface area (Å²) < 4.78 is 52.3. The lowest BCUT2D eigenvalue weighted by molar-refractivity contribution is -0.138. The molecule has 0 saturated carbocycles. The summed E-state index contributed by atoms with van der Waals surface area (Å²) in [5, 5.41) is 6.01. The Bertz CT molecular complexity index is 682. The van der Waals surface area contributed by atoms with Crippen LogP contribution >= 0.6 is 24.0 Å². The van der Waals surface area contributed by atoms with E-state index in [1.807, 2.05) is 6.92 Å². The number of guanidine groups is 1. The van der Waals surface area contributed by atoms with Crippen molar-refractivity contribution in [1.29, 1.82) is 0 Å². The summed E-state index contributed by atoms with van der Waals surface area (Å²) in [4.78, 5) is 17.5. The highest BCUT2D eigenvalue weighted by Crippen LogP contribution is 2.32. The summed E-state index contributed by atoms with van der Waals surface area (Å²) in [6, 6.07) is 2.58. The van der Waals surface area contributed by atoms with Crippen molar-refractivity contribution in [2.75, 3.05) is 26.2 Å². The van der Waals surface area contributed by atoms with Gasteiger partial charge in [0.1, 0.15) is 5.82 Å². The number of hydrogen-bond acceptors (Lipinski definition) is 2. The zero-order valence-corrected chi connectivity index (χ0v) is 17.9. The number of rotatable bonds is 7. The lowest BCUT2D eigenvalue weighted by Crippen LogP contribution is -2.39. The van der Waals surface area contributed by atoms with Crippen LogP contribution in [0.4, 0.5) is 17.6 Å². The first kappa shape index (κ1) is 24.4. The third kappa shape index (κ3) is 7.44. The number of carbonyl (C=O) groups excluding carboxylic acids is 1. The zero-order valence-electron chi connectivity index (χ0n) is 15.6. The van der Waals surface area contributed by atoms with Gasteiger partial charge in [0.2, 0.25) is 5.91 Å². The predicted molar refractivity (Wildman–Crippen MR) is 110 cm³/mol. The maximum absolute atomic E-state index is 13.2. The maximum atomic E-state index is 13.2. The quantitative estimate of drug-likeness (QED) is 0.192. The van der Waals surface area contributed by atoms with E-state index in [1.54, 1.807) is 4.90 Å². The van der Waals surface area contributed by atoms with Crippen molar-refractivity contribution in [3.8, 4) is 0 Å². The van der Waals surface area contributed by atoms with Crippen molar-refractivity contribution in [2.45, 2.75) is 38.9 Å². The monoisotopic (exact) mass is 516 g/mol. The summed E-state index contributed by atoms with van der Waals surface area (Å²) in [7, 11) is 0. The molecule has 158 valence electrons. The third-order valence-electron chi connectivity index (χ3n) is 4.20. The summed E-state index contributed by atoms with van der Waals surface area (Å²) in [5.41, 5.74) is -1.11. The van der Waals surface area contributed by atoms with Gasteiger partial charge < -0.3 is 15.5 Å². The van der Waals surface area contributed by atoms with Crippen LogP contribution < -0.4 is 10.6 Å². The molecule has 0 unspecified atom stereocenters. The molecule has 0 atom stereocenters. The van der Waals surface area contributed by atoms with Gasteiger partial charge >= 0.3 is 6.18 Å². The van der Waals surface area contributed by atoms with Gasteiger partial charge in [0.15, 0.2) is 5.96 Å². The summed E-state index contributed by atoms with van der Waals surface area (Å²) in [6.45, 7) is 4.12. The summed E-state index contributed by atoms with van der Waals surface area (Å²) in [6.07, 6.45) is -2.45. The van der Waals surface area contributed by atoms with Crippen molar-refractivity contribution < 1.29 is 22.4 Å². The summed E-state index contributed by atoms with van der Waals surface area (Å²) in [5.74, 6) is -0.397. The first-order chi connectivity index (χ1) is 12.8. The molecule has 10 heteroatoms. The van der Waals surface area contributed by atoms with Gasteiger partial charge in [-0.2, -0.15) is 13.2 Å². The van der Waals surface area contributed by atoms with Crippen LogP contribution in [0, 0.1) is 5.82 Å². The number of nitrogens with one attached hydrogen (secondary N) is 2. The van der Waals surface area contributed by atoms with Crippen molar-refractivity contribution in [3.63, 3.8) is 0 Å². The zero-order chi connectivity index (χ0) is 19.9. The molecule has 2 N–H and O–H groups in total. The van der Waals surface area contributed by atoms with Crippen LogP contribution in [-0.2, 0) is 17.5 Å². The maximum Gasteiger partial charge on any atom is 0.416 e. The molecule has 1 aliphatic heterocycles. The van der Waals surface area contributed by atoms with Crippen LogP contribution in [0.25, 0.3) is 0 Å². The number of carbonyl (C=O) groups is 1. The second-order valence-corrected chi connectivity index (χ2v) is 6.26. The molecule has 2 rings (SSSR count). The number of aliphatic imine (C=N–C) groups is 1. The number of nitrogens with zero attached hydrogens (tertiary/aromatic N) is 2. The number of alkyl halides is 3. The highest BCUT2D eigenvalue weighted by atomic mass is 127. The Labute approximate surface area is 179 Å². The van der Waals surface area contributed by atoms with E-state index in [-0.39, 0.29) is 42.0 Å². The number of halogens is 5. The molecule has 1 aromatic rings. The minimum absolute atomic E-state index is 0. The van der Waals surface area contributed by atoms with E-state index in [1.165, 1.54) is 0 Å². The molecule has 1 heterocycles. The fourth-order valence-electron chi connectivity index (χ4n) is 2.87. The molecule has 28 heavy (non-hydrogen) atoms. The molecule has 0 radical (unpaired) electrons. The topological polar surface area (TPSA) is 56.7 Å². The Morgan fingerprint density at radius 2 is 2.04 bits per heavy atom. The average molecular weight is 516 g/mol. The molecular formula is C18H25F4IN4O. The lowest BCUT2D eigenvalue weighted by atomic mass is 10.1. The first-order valence-corrected chi connectivity index (χ1v) is 8.97. The summed E-state index contributed by atoms with van der Waals surface area (Å²) >= 11 is 0. The minimum Gasteiger partial charge on any atom is -0.357 e. The Hall–Kier alpha value is -1.59. The van der Waals surface area contributed by atoms with E-state index in [0.717, 1.165) is 25.1 Å². The molecule has 5 nitrogen and oxygen atoms in total. The van der Waals surface area contributed by atoms with Crippen LogP contribution in [0.3, 0.4) is 0 Å². The van der Waals surface area contributed by atoms with Crippen molar-refractivity contribution in [1.82, 2.24) is 15.5 Å².